The Balaban J connectivity index is 2.62. The van der Waals surface area contributed by atoms with E-state index in [2.05, 4.69) is 4.74 Å². The molecule has 104 valence electrons. The van der Waals surface area contributed by atoms with E-state index in [9.17, 15) is 27.9 Å². The maximum Gasteiger partial charge on any atom is 0.461 e. The summed E-state index contributed by atoms with van der Waals surface area (Å²) in [6.07, 6.45) is -5.95. The van der Waals surface area contributed by atoms with Crippen molar-refractivity contribution in [2.24, 2.45) is 11.8 Å². The van der Waals surface area contributed by atoms with Crippen LogP contribution in [0.1, 0.15) is 26.7 Å². The normalized spacial score (nSPS) is 33.0. The third-order valence-electron chi connectivity index (χ3n) is 3.21. The van der Waals surface area contributed by atoms with Gasteiger partial charge in [-0.1, -0.05) is 13.8 Å². The Hall–Kier alpha value is -1.11. The molecule has 0 amide bonds. The average Bonchev–Trinajstić information content (AvgIpc) is 2.23. The number of esters is 1. The molecule has 0 spiro atoms. The lowest BCUT2D eigenvalue weighted by Gasteiger charge is -2.35. The largest absolute Gasteiger partial charge is 0.461 e. The summed E-state index contributed by atoms with van der Waals surface area (Å²) in [5, 5.41) is 9.55. The molecule has 1 fully saturated rings. The molecular weight excluding hydrogens is 253 g/mol. The van der Waals surface area contributed by atoms with Crippen LogP contribution in [0.15, 0.2) is 0 Å². The minimum absolute atomic E-state index is 0.181. The van der Waals surface area contributed by atoms with Crippen molar-refractivity contribution in [2.45, 2.75) is 45.1 Å². The van der Waals surface area contributed by atoms with E-state index in [1.54, 1.807) is 13.8 Å². The van der Waals surface area contributed by atoms with Crippen LogP contribution in [-0.4, -0.2) is 35.2 Å². The quantitative estimate of drug-likeness (QED) is 0.608. The van der Waals surface area contributed by atoms with Gasteiger partial charge < -0.3 is 9.84 Å². The smallest absolute Gasteiger partial charge is 0.456 e. The number of halogens is 3. The zero-order valence-corrected chi connectivity index (χ0v) is 10.0. The first kappa shape index (κ1) is 14.9. The van der Waals surface area contributed by atoms with Gasteiger partial charge in [-0.25, -0.2) is 4.79 Å². The number of Topliss-reactive ketones (excluding diaryl/α,β-unsaturated/α-hetero) is 1. The molecule has 4 unspecified atom stereocenters. The van der Waals surface area contributed by atoms with E-state index in [0.717, 1.165) is 0 Å². The van der Waals surface area contributed by atoms with Gasteiger partial charge in [0.05, 0.1) is 6.10 Å². The number of carbonyl (C=O) groups excluding carboxylic acids is 2. The Morgan fingerprint density at radius 2 is 1.72 bits per heavy atom. The molecule has 4 nitrogen and oxygen atoms in total. The second-order valence-electron chi connectivity index (χ2n) is 4.76. The molecular formula is C11H15F3O4. The monoisotopic (exact) mass is 268 g/mol. The second kappa shape index (κ2) is 5.26. The molecule has 0 heterocycles. The molecule has 1 rings (SSSR count). The first-order valence-corrected chi connectivity index (χ1v) is 5.63. The standard InChI is InChI=1S/C11H15F3O4/c1-5-4-8(6(2)3-7(5)15)18-10(17)9(16)11(12,13)14/h5-8,15H,3-4H2,1-2H3. The van der Waals surface area contributed by atoms with Crippen molar-refractivity contribution in [1.82, 2.24) is 0 Å². The molecule has 0 aliphatic heterocycles. The molecule has 1 aliphatic rings. The Kier molecular flexibility index (Phi) is 4.37. The summed E-state index contributed by atoms with van der Waals surface area (Å²) in [6.45, 7) is 3.37. The van der Waals surface area contributed by atoms with Gasteiger partial charge in [0, 0.05) is 0 Å². The number of carbonyl (C=O) groups is 2. The van der Waals surface area contributed by atoms with E-state index in [0.29, 0.717) is 6.42 Å². The summed E-state index contributed by atoms with van der Waals surface area (Å²) in [4.78, 5) is 21.7. The molecule has 1 aliphatic carbocycles. The number of ketones is 1. The zero-order chi connectivity index (χ0) is 14.1. The third kappa shape index (κ3) is 3.44. The molecule has 0 aromatic carbocycles. The van der Waals surface area contributed by atoms with Crippen molar-refractivity contribution in [3.05, 3.63) is 0 Å². The molecule has 0 bridgehead atoms. The number of hydrogen-bond acceptors (Lipinski definition) is 4. The lowest BCUT2D eigenvalue weighted by atomic mass is 9.79. The highest BCUT2D eigenvalue weighted by molar-refractivity contribution is 6.35. The third-order valence-corrected chi connectivity index (χ3v) is 3.21. The predicted octanol–water partition coefficient (Wildman–Crippen LogP) is 1.46. The van der Waals surface area contributed by atoms with Crippen LogP contribution in [0.5, 0.6) is 0 Å². The maximum absolute atomic E-state index is 12.0. The lowest BCUT2D eigenvalue weighted by Crippen LogP contribution is -2.41. The Morgan fingerprint density at radius 3 is 2.22 bits per heavy atom. The van der Waals surface area contributed by atoms with Crippen LogP contribution in [0, 0.1) is 11.8 Å². The minimum atomic E-state index is -5.21. The van der Waals surface area contributed by atoms with E-state index >= 15 is 0 Å². The summed E-state index contributed by atoms with van der Waals surface area (Å²) in [7, 11) is 0. The molecule has 0 aromatic heterocycles. The van der Waals surface area contributed by atoms with Crippen molar-refractivity contribution in [3.8, 4) is 0 Å². The zero-order valence-electron chi connectivity index (χ0n) is 10.0. The molecule has 18 heavy (non-hydrogen) atoms. The number of alkyl halides is 3. The summed E-state index contributed by atoms with van der Waals surface area (Å²) >= 11 is 0. The highest BCUT2D eigenvalue weighted by Gasteiger charge is 2.46. The molecule has 1 N–H and O–H groups in total. The molecule has 0 aromatic rings. The van der Waals surface area contributed by atoms with Gasteiger partial charge in [0.2, 0.25) is 0 Å². The molecule has 0 saturated heterocycles. The summed E-state index contributed by atoms with van der Waals surface area (Å²) in [5.74, 6) is -4.82. The predicted molar refractivity (Wildman–Crippen MR) is 54.5 cm³/mol. The van der Waals surface area contributed by atoms with Crippen LogP contribution in [-0.2, 0) is 14.3 Å². The van der Waals surface area contributed by atoms with E-state index in [1.807, 2.05) is 0 Å². The fraction of sp³-hybridized carbons (Fsp3) is 0.818. The van der Waals surface area contributed by atoms with Crippen LogP contribution in [0.4, 0.5) is 13.2 Å². The van der Waals surface area contributed by atoms with Crippen molar-refractivity contribution < 1.29 is 32.6 Å². The SMILES string of the molecule is CC1CC(OC(=O)C(=O)C(F)(F)F)C(C)CC1O. The van der Waals surface area contributed by atoms with Gasteiger partial charge >= 0.3 is 17.9 Å². The first-order chi connectivity index (χ1) is 8.12. The average molecular weight is 268 g/mol. The van der Waals surface area contributed by atoms with Crippen molar-refractivity contribution in [2.75, 3.05) is 0 Å². The molecule has 4 atom stereocenters. The van der Waals surface area contributed by atoms with E-state index in [4.69, 9.17) is 0 Å². The lowest BCUT2D eigenvalue weighted by molar-refractivity contribution is -0.188. The number of aliphatic hydroxyl groups excluding tert-OH is 1. The van der Waals surface area contributed by atoms with Crippen molar-refractivity contribution in [3.63, 3.8) is 0 Å². The van der Waals surface area contributed by atoms with E-state index in [-0.39, 0.29) is 18.3 Å². The maximum atomic E-state index is 12.0. The van der Waals surface area contributed by atoms with E-state index < -0.39 is 30.1 Å². The summed E-state index contributed by atoms with van der Waals surface area (Å²) in [5.41, 5.74) is 0. The summed E-state index contributed by atoms with van der Waals surface area (Å²) in [6, 6.07) is 0. The number of aliphatic hydroxyl groups is 1. The van der Waals surface area contributed by atoms with Crippen LogP contribution in [0.3, 0.4) is 0 Å². The summed E-state index contributed by atoms with van der Waals surface area (Å²) < 4.78 is 40.6. The fourth-order valence-corrected chi connectivity index (χ4v) is 1.99. The van der Waals surface area contributed by atoms with Gasteiger partial charge in [0.1, 0.15) is 6.10 Å². The fourth-order valence-electron chi connectivity index (χ4n) is 1.99. The van der Waals surface area contributed by atoms with Gasteiger partial charge in [-0.2, -0.15) is 13.2 Å². The van der Waals surface area contributed by atoms with Crippen LogP contribution < -0.4 is 0 Å². The van der Waals surface area contributed by atoms with Crippen LogP contribution in [0.25, 0.3) is 0 Å². The molecule has 1 saturated carbocycles. The van der Waals surface area contributed by atoms with Crippen molar-refractivity contribution >= 4 is 11.8 Å². The second-order valence-corrected chi connectivity index (χ2v) is 4.76. The van der Waals surface area contributed by atoms with Gasteiger partial charge in [-0.3, -0.25) is 4.79 Å². The van der Waals surface area contributed by atoms with Gasteiger partial charge in [-0.05, 0) is 24.7 Å². The van der Waals surface area contributed by atoms with Gasteiger partial charge in [0.25, 0.3) is 0 Å². The van der Waals surface area contributed by atoms with Crippen molar-refractivity contribution in [1.29, 1.82) is 0 Å². The molecule has 0 radical (unpaired) electrons. The highest BCUT2D eigenvalue weighted by atomic mass is 19.4. The first-order valence-electron chi connectivity index (χ1n) is 5.63. The topological polar surface area (TPSA) is 63.6 Å². The van der Waals surface area contributed by atoms with Crippen LogP contribution >= 0.6 is 0 Å². The van der Waals surface area contributed by atoms with E-state index in [1.165, 1.54) is 0 Å². The highest BCUT2D eigenvalue weighted by Crippen LogP contribution is 2.31. The Labute approximate surface area is 102 Å². The van der Waals surface area contributed by atoms with Crippen LogP contribution in [0.2, 0.25) is 0 Å². The number of hydrogen-bond donors (Lipinski definition) is 1. The Bertz CT molecular complexity index is 340. The number of ether oxygens (including phenoxy) is 1. The van der Waals surface area contributed by atoms with Gasteiger partial charge in [0.15, 0.2) is 0 Å². The number of rotatable bonds is 2. The Morgan fingerprint density at radius 1 is 1.17 bits per heavy atom. The minimum Gasteiger partial charge on any atom is -0.456 e. The molecule has 7 heteroatoms. The van der Waals surface area contributed by atoms with Gasteiger partial charge in [-0.15, -0.1) is 0 Å².